The largest absolute Gasteiger partial charge is 0.471 e. The molecule has 0 unspecified atom stereocenters. The zero-order valence-electron chi connectivity index (χ0n) is 18.3. The molecular formula is C22H22F3N5O3. The van der Waals surface area contributed by atoms with E-state index in [0.29, 0.717) is 36.6 Å². The Morgan fingerprint density at radius 3 is 2.45 bits per heavy atom. The molecule has 174 valence electrons. The van der Waals surface area contributed by atoms with Crippen LogP contribution in [0.25, 0.3) is 33.7 Å². The van der Waals surface area contributed by atoms with Crippen LogP contribution in [-0.2, 0) is 35.5 Å². The predicted octanol–water partition coefficient (Wildman–Crippen LogP) is 4.08. The summed E-state index contributed by atoms with van der Waals surface area (Å²) in [5, 5.41) is 4.46. The van der Waals surface area contributed by atoms with Crippen molar-refractivity contribution >= 4 is 10.9 Å². The van der Waals surface area contributed by atoms with Crippen molar-refractivity contribution in [3.05, 3.63) is 47.7 Å². The fraction of sp³-hybridized carbons (Fsp3) is 0.364. The van der Waals surface area contributed by atoms with Gasteiger partial charge in [0.1, 0.15) is 0 Å². The molecule has 4 rings (SSSR count). The minimum atomic E-state index is -4.71. The van der Waals surface area contributed by atoms with Crippen molar-refractivity contribution < 1.29 is 27.2 Å². The number of pyridine rings is 2. The lowest BCUT2D eigenvalue weighted by Gasteiger charge is -2.07. The molecule has 0 aliphatic rings. The molecule has 4 aromatic heterocycles. The summed E-state index contributed by atoms with van der Waals surface area (Å²) in [5.41, 5.74) is 4.63. The maximum atomic E-state index is 12.8. The fourth-order valence-corrected chi connectivity index (χ4v) is 3.77. The number of alkyl halides is 3. The smallest absolute Gasteiger partial charge is 0.384 e. The lowest BCUT2D eigenvalue weighted by Crippen LogP contribution is -2.05. The van der Waals surface area contributed by atoms with E-state index in [1.54, 1.807) is 26.5 Å². The topological polar surface area (TPSA) is 88.1 Å². The van der Waals surface area contributed by atoms with Crippen LogP contribution in [0.1, 0.15) is 17.1 Å². The van der Waals surface area contributed by atoms with Gasteiger partial charge in [-0.15, -0.1) is 0 Å². The molecule has 0 saturated heterocycles. The molecule has 0 amide bonds. The Labute approximate surface area is 187 Å². The number of aromatic nitrogens is 5. The van der Waals surface area contributed by atoms with Crippen LogP contribution in [0.2, 0.25) is 0 Å². The third kappa shape index (κ3) is 4.60. The van der Waals surface area contributed by atoms with Gasteiger partial charge in [-0.3, -0.25) is 9.97 Å². The molecule has 11 heteroatoms. The Kier molecular flexibility index (Phi) is 6.43. The lowest BCUT2D eigenvalue weighted by molar-refractivity contribution is -0.159. The first-order chi connectivity index (χ1) is 15.8. The van der Waals surface area contributed by atoms with Crippen LogP contribution in [0.15, 0.2) is 35.1 Å². The number of nitrogens with zero attached hydrogens (tertiary/aromatic N) is 5. The van der Waals surface area contributed by atoms with E-state index in [1.807, 2.05) is 13.1 Å². The second-order valence-electron chi connectivity index (χ2n) is 7.41. The lowest BCUT2D eigenvalue weighted by atomic mass is 10.1. The second kappa shape index (κ2) is 9.28. The molecule has 0 aliphatic carbocycles. The maximum absolute atomic E-state index is 12.8. The van der Waals surface area contributed by atoms with Crippen molar-refractivity contribution in [3.63, 3.8) is 0 Å². The van der Waals surface area contributed by atoms with E-state index >= 15 is 0 Å². The number of hydrogen-bond acceptors (Lipinski definition) is 7. The van der Waals surface area contributed by atoms with Crippen molar-refractivity contribution in [2.75, 3.05) is 27.4 Å². The number of methoxy groups -OCH3 is 2. The number of fused-ring (bicyclic) bond motifs is 1. The van der Waals surface area contributed by atoms with Crippen molar-refractivity contribution in [2.45, 2.75) is 19.0 Å². The van der Waals surface area contributed by atoms with Crippen molar-refractivity contribution in [1.82, 2.24) is 24.7 Å². The Morgan fingerprint density at radius 1 is 1.03 bits per heavy atom. The summed E-state index contributed by atoms with van der Waals surface area (Å²) >= 11 is 0. The molecule has 4 aromatic rings. The minimum absolute atomic E-state index is 0.172. The van der Waals surface area contributed by atoms with Gasteiger partial charge in [0.25, 0.3) is 0 Å². The Bertz CT molecular complexity index is 1270. The van der Waals surface area contributed by atoms with Crippen molar-refractivity contribution in [1.29, 1.82) is 0 Å². The summed E-state index contributed by atoms with van der Waals surface area (Å²) in [5.74, 6) is -1.57. The highest BCUT2D eigenvalue weighted by Crippen LogP contribution is 2.32. The van der Waals surface area contributed by atoms with Gasteiger partial charge in [0.15, 0.2) is 0 Å². The van der Waals surface area contributed by atoms with Crippen molar-refractivity contribution in [3.8, 4) is 22.8 Å². The van der Waals surface area contributed by atoms with Crippen molar-refractivity contribution in [2.24, 2.45) is 7.05 Å². The molecule has 33 heavy (non-hydrogen) atoms. The van der Waals surface area contributed by atoms with Gasteiger partial charge in [-0.25, -0.2) is 0 Å². The molecule has 0 saturated carbocycles. The zero-order chi connectivity index (χ0) is 23.6. The molecule has 0 N–H and O–H groups in total. The van der Waals surface area contributed by atoms with Crippen LogP contribution in [0.5, 0.6) is 0 Å². The molecule has 0 radical (unpaired) electrons. The van der Waals surface area contributed by atoms with Crippen LogP contribution >= 0.6 is 0 Å². The quantitative estimate of drug-likeness (QED) is 0.391. The van der Waals surface area contributed by atoms with E-state index in [0.717, 1.165) is 28.6 Å². The summed E-state index contributed by atoms with van der Waals surface area (Å²) in [6, 6.07) is 5.03. The summed E-state index contributed by atoms with van der Waals surface area (Å²) in [6.07, 6.45) is -0.0149. The van der Waals surface area contributed by atoms with E-state index in [2.05, 4.69) is 29.2 Å². The van der Waals surface area contributed by atoms with Crippen LogP contribution in [0.3, 0.4) is 0 Å². The van der Waals surface area contributed by atoms with Gasteiger partial charge in [0.2, 0.25) is 5.82 Å². The fourth-order valence-electron chi connectivity index (χ4n) is 3.77. The highest BCUT2D eigenvalue weighted by Gasteiger charge is 2.38. The average Bonchev–Trinajstić information content (AvgIpc) is 3.40. The molecule has 0 spiro atoms. The molecule has 0 aromatic carbocycles. The first-order valence-corrected chi connectivity index (χ1v) is 10.1. The zero-order valence-corrected chi connectivity index (χ0v) is 18.3. The van der Waals surface area contributed by atoms with Gasteiger partial charge >= 0.3 is 12.1 Å². The molecule has 4 heterocycles. The first-order valence-electron chi connectivity index (χ1n) is 10.1. The van der Waals surface area contributed by atoms with Crippen LogP contribution in [0, 0.1) is 0 Å². The average molecular weight is 461 g/mol. The van der Waals surface area contributed by atoms with Gasteiger partial charge < -0.3 is 18.6 Å². The summed E-state index contributed by atoms with van der Waals surface area (Å²) in [7, 11) is 5.31. The van der Waals surface area contributed by atoms with Gasteiger partial charge in [-0.2, -0.15) is 18.2 Å². The van der Waals surface area contributed by atoms with Gasteiger partial charge in [-0.05, 0) is 30.2 Å². The van der Waals surface area contributed by atoms with E-state index in [-0.39, 0.29) is 5.82 Å². The Hall–Kier alpha value is -3.31. The van der Waals surface area contributed by atoms with Crippen LogP contribution < -0.4 is 0 Å². The number of rotatable bonds is 8. The van der Waals surface area contributed by atoms with Crippen LogP contribution in [0.4, 0.5) is 13.2 Å². The molecule has 8 nitrogen and oxygen atoms in total. The second-order valence-corrected chi connectivity index (χ2v) is 7.41. The third-order valence-electron chi connectivity index (χ3n) is 5.37. The third-order valence-corrected chi connectivity index (χ3v) is 5.37. The number of aryl methyl sites for hydroxylation is 1. The maximum Gasteiger partial charge on any atom is 0.471 e. The van der Waals surface area contributed by atoms with E-state index < -0.39 is 12.1 Å². The number of halogens is 3. The highest BCUT2D eigenvalue weighted by atomic mass is 19.4. The molecule has 0 fully saturated rings. The normalized spacial score (nSPS) is 12.1. The van der Waals surface area contributed by atoms with Crippen LogP contribution in [-0.4, -0.2) is 52.1 Å². The summed E-state index contributed by atoms with van der Waals surface area (Å²) < 4.78 is 55.4. The standard InChI is InChI=1S/C22H22F3N5O3/c1-30-18(6-9-32-3)14(5-8-31-2)15-11-17(27-12-19(15)30)16-10-13(4-7-26-16)20-28-21(33-29-20)22(23,24)25/h4,7,10-12H,5-6,8-9H2,1-3H3. The van der Waals surface area contributed by atoms with E-state index in [4.69, 9.17) is 9.47 Å². The predicted molar refractivity (Wildman–Crippen MR) is 113 cm³/mol. The van der Waals surface area contributed by atoms with E-state index in [9.17, 15) is 13.2 Å². The molecule has 0 bridgehead atoms. The van der Waals surface area contributed by atoms with Gasteiger partial charge in [-0.1, -0.05) is 5.16 Å². The number of hydrogen-bond donors (Lipinski definition) is 0. The van der Waals surface area contributed by atoms with Gasteiger partial charge in [0, 0.05) is 50.5 Å². The minimum Gasteiger partial charge on any atom is -0.384 e. The Balaban J connectivity index is 1.76. The summed E-state index contributed by atoms with van der Waals surface area (Å²) in [6.45, 7) is 1.14. The van der Waals surface area contributed by atoms with Gasteiger partial charge in [0.05, 0.1) is 36.3 Å². The first kappa shape index (κ1) is 22.9. The molecule has 0 atom stereocenters. The Morgan fingerprint density at radius 2 is 1.76 bits per heavy atom. The molecular weight excluding hydrogens is 439 g/mol. The SMILES string of the molecule is COCCc1c(CCOC)n(C)c2cnc(-c3cc(-c4noc(C(F)(F)F)n4)ccn3)cc12. The monoisotopic (exact) mass is 461 g/mol. The highest BCUT2D eigenvalue weighted by molar-refractivity contribution is 5.88. The summed E-state index contributed by atoms with van der Waals surface area (Å²) in [4.78, 5) is 12.3. The number of ether oxygens (including phenoxy) is 2. The molecule has 0 aliphatic heterocycles. The van der Waals surface area contributed by atoms with E-state index in [1.165, 1.54) is 12.3 Å².